The molecule has 0 saturated heterocycles. The summed E-state index contributed by atoms with van der Waals surface area (Å²) >= 11 is 3.65. The Kier molecular flexibility index (Phi) is 3.68. The lowest BCUT2D eigenvalue weighted by Gasteiger charge is -2.08. The Balaban J connectivity index is 2.08. The molecular formula is C21H13BrN2. The molecule has 114 valence electrons. The van der Waals surface area contributed by atoms with E-state index >= 15 is 0 Å². The van der Waals surface area contributed by atoms with Crippen molar-refractivity contribution in [3.63, 3.8) is 0 Å². The zero-order chi connectivity index (χ0) is 16.5. The van der Waals surface area contributed by atoms with Crippen LogP contribution in [0.5, 0.6) is 0 Å². The highest BCUT2D eigenvalue weighted by Gasteiger charge is 2.16. The highest BCUT2D eigenvalue weighted by molar-refractivity contribution is 9.10. The van der Waals surface area contributed by atoms with Gasteiger partial charge in [0.05, 0.1) is 17.3 Å². The van der Waals surface area contributed by atoms with Gasteiger partial charge in [0, 0.05) is 26.5 Å². The molecule has 1 N–H and O–H groups in total. The van der Waals surface area contributed by atoms with Crippen molar-refractivity contribution in [1.29, 1.82) is 5.26 Å². The molecule has 1 heterocycles. The van der Waals surface area contributed by atoms with E-state index in [-0.39, 0.29) is 0 Å². The molecule has 0 saturated carbocycles. The zero-order valence-electron chi connectivity index (χ0n) is 12.8. The predicted molar refractivity (Wildman–Crippen MR) is 102 cm³/mol. The lowest BCUT2D eigenvalue weighted by Crippen LogP contribution is -1.85. The molecule has 3 heteroatoms. The molecule has 0 aliphatic heterocycles. The minimum Gasteiger partial charge on any atom is -0.354 e. The van der Waals surface area contributed by atoms with Gasteiger partial charge in [-0.25, -0.2) is 0 Å². The third kappa shape index (κ3) is 2.42. The van der Waals surface area contributed by atoms with Crippen molar-refractivity contribution in [2.75, 3.05) is 0 Å². The van der Waals surface area contributed by atoms with Crippen molar-refractivity contribution in [2.45, 2.75) is 0 Å². The summed E-state index contributed by atoms with van der Waals surface area (Å²) < 4.78 is 1.04. The van der Waals surface area contributed by atoms with Crippen molar-refractivity contribution in [1.82, 2.24) is 4.98 Å². The summed E-state index contributed by atoms with van der Waals surface area (Å²) in [5, 5.41) is 10.4. The largest absolute Gasteiger partial charge is 0.354 e. The minimum atomic E-state index is 0.663. The van der Waals surface area contributed by atoms with Gasteiger partial charge in [0.2, 0.25) is 0 Å². The van der Waals surface area contributed by atoms with Crippen molar-refractivity contribution in [2.24, 2.45) is 0 Å². The molecule has 0 spiro atoms. The van der Waals surface area contributed by atoms with E-state index in [1.165, 1.54) is 0 Å². The SMILES string of the molecule is N#Cc1cccc(-c2c(-c3ccccc3Br)[nH]c3ccccc23)c1. The summed E-state index contributed by atoms with van der Waals surface area (Å²) in [7, 11) is 0. The van der Waals surface area contributed by atoms with Crippen LogP contribution in [-0.2, 0) is 0 Å². The lowest BCUT2D eigenvalue weighted by molar-refractivity contribution is 1.43. The maximum atomic E-state index is 9.24. The molecular weight excluding hydrogens is 360 g/mol. The summed E-state index contributed by atoms with van der Waals surface area (Å²) in [6.45, 7) is 0. The number of nitrogens with one attached hydrogen (secondary N) is 1. The molecule has 2 nitrogen and oxygen atoms in total. The Labute approximate surface area is 148 Å². The summed E-state index contributed by atoms with van der Waals surface area (Å²) in [5.74, 6) is 0. The smallest absolute Gasteiger partial charge is 0.0991 e. The van der Waals surface area contributed by atoms with Crippen LogP contribution in [0, 0.1) is 11.3 Å². The average molecular weight is 373 g/mol. The van der Waals surface area contributed by atoms with Crippen molar-refractivity contribution >= 4 is 26.8 Å². The number of H-pyrrole nitrogens is 1. The highest BCUT2D eigenvalue weighted by Crippen LogP contribution is 2.40. The third-order valence-corrected chi connectivity index (χ3v) is 4.82. The predicted octanol–water partition coefficient (Wildman–Crippen LogP) is 6.14. The molecule has 0 atom stereocenters. The Morgan fingerprint density at radius 2 is 1.67 bits per heavy atom. The van der Waals surface area contributed by atoms with Gasteiger partial charge in [-0.15, -0.1) is 0 Å². The third-order valence-electron chi connectivity index (χ3n) is 4.13. The number of aromatic amines is 1. The molecule has 0 fully saturated rings. The summed E-state index contributed by atoms with van der Waals surface area (Å²) in [4.78, 5) is 3.54. The van der Waals surface area contributed by atoms with Gasteiger partial charge in [-0.05, 0) is 29.8 Å². The first-order valence-electron chi connectivity index (χ1n) is 7.64. The number of fused-ring (bicyclic) bond motifs is 1. The number of halogens is 1. The van der Waals surface area contributed by atoms with Crippen LogP contribution in [0.15, 0.2) is 77.3 Å². The number of nitrogens with zero attached hydrogens (tertiary/aromatic N) is 1. The fraction of sp³-hybridized carbons (Fsp3) is 0. The maximum absolute atomic E-state index is 9.24. The zero-order valence-corrected chi connectivity index (χ0v) is 14.3. The minimum absolute atomic E-state index is 0.663. The van der Waals surface area contributed by atoms with Gasteiger partial charge in [-0.1, -0.05) is 64.5 Å². The quantitative estimate of drug-likeness (QED) is 0.451. The van der Waals surface area contributed by atoms with E-state index in [9.17, 15) is 5.26 Å². The molecule has 0 amide bonds. The van der Waals surface area contributed by atoms with E-state index in [0.717, 1.165) is 37.8 Å². The molecule has 3 aromatic carbocycles. The van der Waals surface area contributed by atoms with Gasteiger partial charge < -0.3 is 4.98 Å². The number of para-hydroxylation sites is 1. The number of aromatic nitrogens is 1. The van der Waals surface area contributed by atoms with Crippen molar-refractivity contribution in [3.05, 3.63) is 82.8 Å². The van der Waals surface area contributed by atoms with Gasteiger partial charge in [-0.3, -0.25) is 0 Å². The Morgan fingerprint density at radius 3 is 2.50 bits per heavy atom. The van der Waals surface area contributed by atoms with Crippen molar-refractivity contribution in [3.8, 4) is 28.5 Å². The molecule has 0 aliphatic rings. The first-order valence-corrected chi connectivity index (χ1v) is 8.43. The van der Waals surface area contributed by atoms with Crippen LogP contribution < -0.4 is 0 Å². The molecule has 0 radical (unpaired) electrons. The summed E-state index contributed by atoms with van der Waals surface area (Å²) in [6, 6.07) is 26.4. The van der Waals surface area contributed by atoms with Crippen LogP contribution in [0.3, 0.4) is 0 Å². The summed E-state index contributed by atoms with van der Waals surface area (Å²) in [5.41, 5.74) is 6.06. The normalized spacial score (nSPS) is 10.7. The second-order valence-electron chi connectivity index (χ2n) is 5.59. The maximum Gasteiger partial charge on any atom is 0.0991 e. The van der Waals surface area contributed by atoms with E-state index < -0.39 is 0 Å². The Hall–Kier alpha value is -2.83. The molecule has 4 aromatic rings. The average Bonchev–Trinajstić information content (AvgIpc) is 3.01. The van der Waals surface area contributed by atoms with Crippen LogP contribution >= 0.6 is 15.9 Å². The van der Waals surface area contributed by atoms with E-state index in [2.05, 4.69) is 51.2 Å². The Bertz CT molecular complexity index is 1090. The second-order valence-corrected chi connectivity index (χ2v) is 6.45. The van der Waals surface area contributed by atoms with E-state index in [1.54, 1.807) is 0 Å². The van der Waals surface area contributed by atoms with Gasteiger partial charge in [0.25, 0.3) is 0 Å². The van der Waals surface area contributed by atoms with Crippen LogP contribution in [0.4, 0.5) is 0 Å². The molecule has 0 aliphatic carbocycles. The van der Waals surface area contributed by atoms with Crippen molar-refractivity contribution < 1.29 is 0 Å². The lowest BCUT2D eigenvalue weighted by atomic mass is 9.97. The van der Waals surface area contributed by atoms with Gasteiger partial charge in [0.15, 0.2) is 0 Å². The van der Waals surface area contributed by atoms with Gasteiger partial charge in [-0.2, -0.15) is 5.26 Å². The van der Waals surface area contributed by atoms with Gasteiger partial charge in [0.1, 0.15) is 0 Å². The standard InChI is InChI=1S/C21H13BrN2/c22-18-10-3-1-8-16(18)21-20(15-7-5-6-14(12-15)13-23)17-9-2-4-11-19(17)24-21/h1-12,24H. The molecule has 0 unspecified atom stereocenters. The van der Waals surface area contributed by atoms with Gasteiger partial charge >= 0.3 is 0 Å². The van der Waals surface area contributed by atoms with E-state index in [4.69, 9.17) is 0 Å². The molecule has 0 bridgehead atoms. The summed E-state index contributed by atoms with van der Waals surface area (Å²) in [6.07, 6.45) is 0. The molecule has 24 heavy (non-hydrogen) atoms. The molecule has 4 rings (SSSR count). The second kappa shape index (κ2) is 5.99. The monoisotopic (exact) mass is 372 g/mol. The highest BCUT2D eigenvalue weighted by atomic mass is 79.9. The van der Waals surface area contributed by atoms with Crippen LogP contribution in [0.25, 0.3) is 33.3 Å². The first-order chi connectivity index (χ1) is 11.8. The molecule has 1 aromatic heterocycles. The number of rotatable bonds is 2. The van der Waals surface area contributed by atoms with Crippen LogP contribution in [0.2, 0.25) is 0 Å². The fourth-order valence-electron chi connectivity index (χ4n) is 3.05. The topological polar surface area (TPSA) is 39.6 Å². The number of hydrogen-bond donors (Lipinski definition) is 1. The number of hydrogen-bond acceptors (Lipinski definition) is 1. The van der Waals surface area contributed by atoms with Crippen LogP contribution in [0.1, 0.15) is 5.56 Å². The number of benzene rings is 3. The van der Waals surface area contributed by atoms with Crippen LogP contribution in [-0.4, -0.2) is 4.98 Å². The fourth-order valence-corrected chi connectivity index (χ4v) is 3.54. The number of nitriles is 1. The Morgan fingerprint density at radius 1 is 0.875 bits per heavy atom. The first kappa shape index (κ1) is 14.7. The van der Waals surface area contributed by atoms with E-state index in [1.807, 2.05) is 48.5 Å². The van der Waals surface area contributed by atoms with E-state index in [0.29, 0.717) is 5.56 Å².